The van der Waals surface area contributed by atoms with Crippen molar-refractivity contribution in [3.8, 4) is 0 Å². The van der Waals surface area contributed by atoms with Gasteiger partial charge in [0.2, 0.25) is 0 Å². The Bertz CT molecular complexity index is 639. The molecule has 11 N–H and O–H groups in total. The zero-order valence-corrected chi connectivity index (χ0v) is 17.7. The van der Waals surface area contributed by atoms with E-state index in [4.69, 9.17) is 23.7 Å². The quantitative estimate of drug-likeness (QED) is 0.154. The van der Waals surface area contributed by atoms with Crippen LogP contribution < -0.4 is 0 Å². The van der Waals surface area contributed by atoms with Crippen LogP contribution in [-0.4, -0.2) is 168 Å². The molecule has 0 spiro atoms. The second-order valence-electron chi connectivity index (χ2n) is 8.33. The maximum atomic E-state index is 10.7. The SMILES string of the molecule is OCC1O[C@@H](O[C@@H]2C(O)[C@H](O[C@@H]3C(O)[C@H](O)OC(CO)[C@H]3O)OC(CO)[C@H]2O)C(O)[C@@H](O)[C@@H]1O. The summed E-state index contributed by atoms with van der Waals surface area (Å²) in [6.07, 6.45) is -25.5. The topological polar surface area (TPSA) is 269 Å². The standard InChI is InChI=1S/C18H32O16/c19-1-4-7(22)10(25)11(26)17(31-4)34-15-9(24)6(3-21)32-18(13(15)28)33-14-8(23)5(2-20)30-16(29)12(14)27/h4-29H,1-3H2/t4?,5?,6?,7-,8-,9-,10+,11?,12?,13?,14+,15+,16-,17+,18+/m1/s1. The van der Waals surface area contributed by atoms with Crippen LogP contribution >= 0.6 is 0 Å². The molecule has 0 aromatic carbocycles. The lowest BCUT2D eigenvalue weighted by Gasteiger charge is -2.47. The van der Waals surface area contributed by atoms with Gasteiger partial charge in [-0.25, -0.2) is 0 Å². The third-order valence-electron chi connectivity index (χ3n) is 6.09. The Morgan fingerprint density at radius 1 is 0.441 bits per heavy atom. The van der Waals surface area contributed by atoms with Gasteiger partial charge in [-0.05, 0) is 0 Å². The summed E-state index contributed by atoms with van der Waals surface area (Å²) >= 11 is 0. The first-order valence-electron chi connectivity index (χ1n) is 10.6. The van der Waals surface area contributed by atoms with Crippen molar-refractivity contribution in [1.82, 2.24) is 0 Å². The molecule has 15 atom stereocenters. The van der Waals surface area contributed by atoms with E-state index in [0.29, 0.717) is 0 Å². The molecule has 3 aliphatic rings. The molecule has 34 heavy (non-hydrogen) atoms. The van der Waals surface area contributed by atoms with Crippen molar-refractivity contribution in [2.45, 2.75) is 92.1 Å². The Labute approximate surface area is 192 Å². The lowest BCUT2D eigenvalue weighted by molar-refractivity contribution is -0.379. The van der Waals surface area contributed by atoms with E-state index in [1.165, 1.54) is 0 Å². The van der Waals surface area contributed by atoms with Gasteiger partial charge in [0.1, 0.15) is 73.2 Å². The van der Waals surface area contributed by atoms with E-state index in [1.807, 2.05) is 0 Å². The Balaban J connectivity index is 1.78. The first-order valence-corrected chi connectivity index (χ1v) is 10.6. The van der Waals surface area contributed by atoms with Gasteiger partial charge in [-0.15, -0.1) is 0 Å². The molecule has 200 valence electrons. The van der Waals surface area contributed by atoms with Gasteiger partial charge < -0.3 is 79.9 Å². The van der Waals surface area contributed by atoms with E-state index in [-0.39, 0.29) is 0 Å². The monoisotopic (exact) mass is 504 g/mol. The molecule has 0 aromatic rings. The van der Waals surface area contributed by atoms with Gasteiger partial charge in [-0.2, -0.15) is 0 Å². The predicted octanol–water partition coefficient (Wildman–Crippen LogP) is -7.57. The van der Waals surface area contributed by atoms with Crippen LogP contribution in [-0.2, 0) is 23.7 Å². The fourth-order valence-corrected chi connectivity index (χ4v) is 4.04. The maximum absolute atomic E-state index is 10.7. The number of ether oxygens (including phenoxy) is 5. The number of hydrogen-bond acceptors (Lipinski definition) is 16. The molecule has 0 amide bonds. The molecule has 3 saturated heterocycles. The van der Waals surface area contributed by atoms with Crippen LogP contribution in [0.25, 0.3) is 0 Å². The van der Waals surface area contributed by atoms with Crippen LogP contribution in [0.2, 0.25) is 0 Å². The van der Waals surface area contributed by atoms with E-state index >= 15 is 0 Å². The minimum Gasteiger partial charge on any atom is -0.394 e. The highest BCUT2D eigenvalue weighted by molar-refractivity contribution is 4.96. The summed E-state index contributed by atoms with van der Waals surface area (Å²) in [4.78, 5) is 0. The summed E-state index contributed by atoms with van der Waals surface area (Å²) in [6.45, 7) is -2.33. The van der Waals surface area contributed by atoms with Crippen molar-refractivity contribution in [1.29, 1.82) is 0 Å². The number of aliphatic hydroxyl groups is 11. The van der Waals surface area contributed by atoms with E-state index in [2.05, 4.69) is 0 Å². The minimum absolute atomic E-state index is 0.750. The van der Waals surface area contributed by atoms with Gasteiger partial charge >= 0.3 is 0 Å². The second kappa shape index (κ2) is 11.6. The van der Waals surface area contributed by atoms with Gasteiger partial charge in [0.15, 0.2) is 18.9 Å². The number of rotatable bonds is 7. The number of hydrogen-bond donors (Lipinski definition) is 11. The molecule has 3 aliphatic heterocycles. The molecular formula is C18H32O16. The molecule has 0 saturated carbocycles. The van der Waals surface area contributed by atoms with Crippen molar-refractivity contribution in [3.63, 3.8) is 0 Å². The van der Waals surface area contributed by atoms with Crippen molar-refractivity contribution in [2.75, 3.05) is 19.8 Å². The molecule has 3 heterocycles. The highest BCUT2D eigenvalue weighted by Crippen LogP contribution is 2.32. The molecule has 0 radical (unpaired) electrons. The van der Waals surface area contributed by atoms with Crippen LogP contribution in [0, 0.1) is 0 Å². The second-order valence-corrected chi connectivity index (χ2v) is 8.33. The third-order valence-corrected chi connectivity index (χ3v) is 6.09. The van der Waals surface area contributed by atoms with E-state index in [0.717, 1.165) is 0 Å². The summed E-state index contributed by atoms with van der Waals surface area (Å²) in [5, 5.41) is 110. The summed E-state index contributed by atoms with van der Waals surface area (Å²) in [5.74, 6) is 0. The normalized spacial score (nSPS) is 52.5. The average Bonchev–Trinajstić information content (AvgIpc) is 2.82. The Morgan fingerprint density at radius 3 is 1.35 bits per heavy atom. The summed E-state index contributed by atoms with van der Waals surface area (Å²) < 4.78 is 26.2. The molecule has 16 nitrogen and oxygen atoms in total. The van der Waals surface area contributed by atoms with E-state index in [1.54, 1.807) is 0 Å². The molecule has 16 heteroatoms. The zero-order valence-electron chi connectivity index (χ0n) is 17.7. The van der Waals surface area contributed by atoms with E-state index in [9.17, 15) is 56.2 Å². The largest absolute Gasteiger partial charge is 0.394 e. The van der Waals surface area contributed by atoms with E-state index < -0.39 is 112 Å². The van der Waals surface area contributed by atoms with Gasteiger partial charge in [0.25, 0.3) is 0 Å². The van der Waals surface area contributed by atoms with Gasteiger partial charge in [0.05, 0.1) is 19.8 Å². The zero-order chi connectivity index (χ0) is 25.3. The third kappa shape index (κ3) is 5.37. The molecule has 3 rings (SSSR count). The molecule has 6 unspecified atom stereocenters. The van der Waals surface area contributed by atoms with Crippen LogP contribution in [0.4, 0.5) is 0 Å². The van der Waals surface area contributed by atoms with Crippen molar-refractivity contribution in [2.24, 2.45) is 0 Å². The molecule has 0 bridgehead atoms. The van der Waals surface area contributed by atoms with Crippen molar-refractivity contribution in [3.05, 3.63) is 0 Å². The van der Waals surface area contributed by atoms with Gasteiger partial charge in [0, 0.05) is 0 Å². The van der Waals surface area contributed by atoms with Crippen LogP contribution in [0.3, 0.4) is 0 Å². The van der Waals surface area contributed by atoms with Crippen molar-refractivity contribution >= 4 is 0 Å². The van der Waals surface area contributed by atoms with Gasteiger partial charge in [-0.1, -0.05) is 0 Å². The maximum Gasteiger partial charge on any atom is 0.187 e. The lowest BCUT2D eigenvalue weighted by atomic mass is 9.96. The minimum atomic E-state index is -1.92. The highest BCUT2D eigenvalue weighted by atomic mass is 16.7. The first-order chi connectivity index (χ1) is 16.0. The lowest BCUT2D eigenvalue weighted by Crippen LogP contribution is -2.66. The fourth-order valence-electron chi connectivity index (χ4n) is 4.04. The summed E-state index contributed by atoms with van der Waals surface area (Å²) in [6, 6.07) is 0. The predicted molar refractivity (Wildman–Crippen MR) is 101 cm³/mol. The van der Waals surface area contributed by atoms with Crippen LogP contribution in [0.1, 0.15) is 0 Å². The number of aliphatic hydroxyl groups excluding tert-OH is 11. The highest BCUT2D eigenvalue weighted by Gasteiger charge is 2.53. The Hall–Kier alpha value is -0.640. The smallest absolute Gasteiger partial charge is 0.187 e. The van der Waals surface area contributed by atoms with Crippen LogP contribution in [0.5, 0.6) is 0 Å². The van der Waals surface area contributed by atoms with Crippen molar-refractivity contribution < 1.29 is 79.9 Å². The molecule has 0 aliphatic carbocycles. The first kappa shape index (κ1) is 27.9. The fraction of sp³-hybridized carbons (Fsp3) is 1.00. The summed E-state index contributed by atoms with van der Waals surface area (Å²) in [7, 11) is 0. The van der Waals surface area contributed by atoms with Gasteiger partial charge in [-0.3, -0.25) is 0 Å². The Kier molecular flexibility index (Phi) is 9.54. The molecular weight excluding hydrogens is 472 g/mol. The molecule has 0 aromatic heterocycles. The van der Waals surface area contributed by atoms with Crippen LogP contribution in [0.15, 0.2) is 0 Å². The molecule has 3 fully saturated rings. The summed E-state index contributed by atoms with van der Waals surface area (Å²) in [5.41, 5.74) is 0. The Morgan fingerprint density at radius 2 is 0.853 bits per heavy atom. The average molecular weight is 504 g/mol.